The molecule has 1 aliphatic rings. The maximum atomic E-state index is 12.8. The summed E-state index contributed by atoms with van der Waals surface area (Å²) in [6.45, 7) is 0.251. The second-order valence-electron chi connectivity index (χ2n) is 2.97. The number of amides is 1. The van der Waals surface area contributed by atoms with E-state index in [9.17, 15) is 9.18 Å². The first kappa shape index (κ1) is 9.27. The maximum Gasteiger partial charge on any atom is 0.407 e. The summed E-state index contributed by atoms with van der Waals surface area (Å²) in [6, 6.07) is 4.08. The maximum absolute atomic E-state index is 12.8. The van der Waals surface area contributed by atoms with Gasteiger partial charge in [-0.3, -0.25) is 0 Å². The third-order valence-corrected chi connectivity index (χ3v) is 2.31. The van der Waals surface area contributed by atoms with Crippen LogP contribution in [0.3, 0.4) is 0 Å². The zero-order valence-corrected chi connectivity index (χ0v) is 7.84. The first-order valence-corrected chi connectivity index (χ1v) is 4.43. The first-order valence-electron chi connectivity index (χ1n) is 4.05. The van der Waals surface area contributed by atoms with Gasteiger partial charge in [-0.05, 0) is 17.7 Å². The highest BCUT2D eigenvalue weighted by molar-refractivity contribution is 6.30. The van der Waals surface area contributed by atoms with Crippen LogP contribution in [0.4, 0.5) is 9.18 Å². The predicted octanol–water partition coefficient (Wildman–Crippen LogP) is 2.26. The smallest absolute Gasteiger partial charge is 0.407 e. The molecule has 0 aliphatic carbocycles. The summed E-state index contributed by atoms with van der Waals surface area (Å²) in [7, 11) is 0. The zero-order chi connectivity index (χ0) is 10.1. The van der Waals surface area contributed by atoms with Gasteiger partial charge in [0, 0.05) is 0 Å². The normalized spacial score (nSPS) is 20.4. The summed E-state index contributed by atoms with van der Waals surface area (Å²) in [5.74, 6) is -0.472. The SMILES string of the molecule is O=C1N[C@H](c2ccc(F)c(Cl)c2)CO1. The topological polar surface area (TPSA) is 38.3 Å². The van der Waals surface area contributed by atoms with Crippen molar-refractivity contribution in [3.63, 3.8) is 0 Å². The Hall–Kier alpha value is -1.29. The highest BCUT2D eigenvalue weighted by Gasteiger charge is 2.24. The van der Waals surface area contributed by atoms with E-state index in [0.29, 0.717) is 0 Å². The van der Waals surface area contributed by atoms with Crippen molar-refractivity contribution < 1.29 is 13.9 Å². The third-order valence-electron chi connectivity index (χ3n) is 2.02. The molecular formula is C9H7ClFNO2. The highest BCUT2D eigenvalue weighted by atomic mass is 35.5. The lowest BCUT2D eigenvalue weighted by atomic mass is 10.1. The Bertz CT molecular complexity index is 383. The van der Waals surface area contributed by atoms with Gasteiger partial charge in [-0.2, -0.15) is 0 Å². The molecule has 1 aliphatic heterocycles. The minimum absolute atomic E-state index is 0.0450. The van der Waals surface area contributed by atoms with Crippen molar-refractivity contribution >= 4 is 17.7 Å². The van der Waals surface area contributed by atoms with Crippen LogP contribution in [0.1, 0.15) is 11.6 Å². The van der Waals surface area contributed by atoms with Gasteiger partial charge >= 0.3 is 6.09 Å². The molecule has 1 heterocycles. The summed E-state index contributed by atoms with van der Waals surface area (Å²) in [5, 5.41) is 2.62. The predicted molar refractivity (Wildman–Crippen MR) is 48.6 cm³/mol. The molecule has 1 N–H and O–H groups in total. The lowest BCUT2D eigenvalue weighted by molar-refractivity contribution is 0.177. The van der Waals surface area contributed by atoms with Crippen molar-refractivity contribution in [1.29, 1.82) is 0 Å². The second-order valence-corrected chi connectivity index (χ2v) is 3.38. The molecular weight excluding hydrogens is 209 g/mol. The largest absolute Gasteiger partial charge is 0.447 e. The molecule has 0 saturated carbocycles. The number of carbonyl (C=O) groups excluding carboxylic acids is 1. The van der Waals surface area contributed by atoms with E-state index in [1.807, 2.05) is 0 Å². The van der Waals surface area contributed by atoms with E-state index in [1.165, 1.54) is 12.1 Å². The quantitative estimate of drug-likeness (QED) is 0.781. The molecule has 1 aromatic rings. The Labute approximate surface area is 84.8 Å². The summed E-state index contributed by atoms with van der Waals surface area (Å²) in [5.41, 5.74) is 0.738. The van der Waals surface area contributed by atoms with E-state index in [1.54, 1.807) is 6.07 Å². The Morgan fingerprint density at radius 3 is 2.93 bits per heavy atom. The van der Waals surface area contributed by atoms with Gasteiger partial charge in [0.15, 0.2) is 0 Å². The molecule has 3 nitrogen and oxygen atoms in total. The number of alkyl carbamates (subject to hydrolysis) is 1. The van der Waals surface area contributed by atoms with Crippen LogP contribution in [0.25, 0.3) is 0 Å². The highest BCUT2D eigenvalue weighted by Crippen LogP contribution is 2.23. The third kappa shape index (κ3) is 1.65. The van der Waals surface area contributed by atoms with Gasteiger partial charge in [0.1, 0.15) is 12.4 Å². The number of hydrogen-bond donors (Lipinski definition) is 1. The number of carbonyl (C=O) groups is 1. The van der Waals surface area contributed by atoms with Crippen LogP contribution < -0.4 is 5.32 Å². The standard InChI is InChI=1S/C9H7ClFNO2/c10-6-3-5(1-2-7(6)11)8-4-14-9(13)12-8/h1-3,8H,4H2,(H,12,13)/t8-/m0/s1. The first-order chi connectivity index (χ1) is 6.66. The number of halogens is 2. The summed E-state index contributed by atoms with van der Waals surface area (Å²) < 4.78 is 17.5. The molecule has 5 heteroatoms. The van der Waals surface area contributed by atoms with Gasteiger partial charge in [0.05, 0.1) is 11.1 Å². The monoisotopic (exact) mass is 215 g/mol. The zero-order valence-electron chi connectivity index (χ0n) is 7.09. The van der Waals surface area contributed by atoms with E-state index in [0.717, 1.165) is 5.56 Å². The Morgan fingerprint density at radius 1 is 1.57 bits per heavy atom. The van der Waals surface area contributed by atoms with Gasteiger partial charge < -0.3 is 10.1 Å². The van der Waals surface area contributed by atoms with Crippen molar-refractivity contribution in [2.75, 3.05) is 6.61 Å². The van der Waals surface area contributed by atoms with Crippen LogP contribution in [0.5, 0.6) is 0 Å². The number of hydrogen-bond acceptors (Lipinski definition) is 2. The molecule has 1 fully saturated rings. The molecule has 0 bridgehead atoms. The minimum atomic E-state index is -0.472. The van der Waals surface area contributed by atoms with Gasteiger partial charge in [0.25, 0.3) is 0 Å². The fraction of sp³-hybridized carbons (Fsp3) is 0.222. The molecule has 74 valence electrons. The van der Waals surface area contributed by atoms with E-state index in [4.69, 9.17) is 16.3 Å². The van der Waals surface area contributed by atoms with Crippen LogP contribution in [0, 0.1) is 5.82 Å². The molecule has 0 aromatic heterocycles. The van der Waals surface area contributed by atoms with Gasteiger partial charge in [-0.25, -0.2) is 9.18 Å². The fourth-order valence-corrected chi connectivity index (χ4v) is 1.48. The average molecular weight is 216 g/mol. The summed E-state index contributed by atoms with van der Waals surface area (Å²) in [6.07, 6.45) is -0.463. The molecule has 1 amide bonds. The van der Waals surface area contributed by atoms with Crippen LogP contribution in [0.2, 0.25) is 5.02 Å². The van der Waals surface area contributed by atoms with Crippen molar-refractivity contribution in [1.82, 2.24) is 5.32 Å². The Morgan fingerprint density at radius 2 is 2.36 bits per heavy atom. The minimum Gasteiger partial charge on any atom is -0.447 e. The number of ether oxygens (including phenoxy) is 1. The number of nitrogens with one attached hydrogen (secondary N) is 1. The van der Waals surface area contributed by atoms with Crippen LogP contribution in [0.15, 0.2) is 18.2 Å². The van der Waals surface area contributed by atoms with E-state index in [-0.39, 0.29) is 17.7 Å². The van der Waals surface area contributed by atoms with Crippen molar-refractivity contribution in [2.24, 2.45) is 0 Å². The van der Waals surface area contributed by atoms with Gasteiger partial charge in [-0.1, -0.05) is 17.7 Å². The van der Waals surface area contributed by atoms with E-state index in [2.05, 4.69) is 5.32 Å². The van der Waals surface area contributed by atoms with Gasteiger partial charge in [0.2, 0.25) is 0 Å². The lowest BCUT2D eigenvalue weighted by Gasteiger charge is -2.07. The molecule has 1 aromatic carbocycles. The second kappa shape index (κ2) is 3.46. The molecule has 0 unspecified atom stereocenters. The van der Waals surface area contributed by atoms with Gasteiger partial charge in [-0.15, -0.1) is 0 Å². The lowest BCUT2D eigenvalue weighted by Crippen LogP contribution is -2.18. The van der Waals surface area contributed by atoms with E-state index >= 15 is 0 Å². The van der Waals surface area contributed by atoms with Crippen LogP contribution in [-0.4, -0.2) is 12.7 Å². The summed E-state index contributed by atoms with van der Waals surface area (Å²) in [4.78, 5) is 10.7. The van der Waals surface area contributed by atoms with Crippen molar-refractivity contribution in [3.05, 3.63) is 34.6 Å². The number of rotatable bonds is 1. The molecule has 1 saturated heterocycles. The molecule has 0 radical (unpaired) electrons. The number of benzene rings is 1. The number of cyclic esters (lactones) is 1. The van der Waals surface area contributed by atoms with Crippen LogP contribution in [-0.2, 0) is 4.74 Å². The van der Waals surface area contributed by atoms with E-state index < -0.39 is 11.9 Å². The fourth-order valence-electron chi connectivity index (χ4n) is 1.29. The molecule has 0 spiro atoms. The Kier molecular flexibility index (Phi) is 2.29. The Balaban J connectivity index is 2.24. The van der Waals surface area contributed by atoms with Crippen molar-refractivity contribution in [2.45, 2.75) is 6.04 Å². The molecule has 2 rings (SSSR count). The van der Waals surface area contributed by atoms with Crippen molar-refractivity contribution in [3.8, 4) is 0 Å². The van der Waals surface area contributed by atoms with Crippen LogP contribution >= 0.6 is 11.6 Å². The summed E-state index contributed by atoms with van der Waals surface area (Å²) >= 11 is 5.60. The molecule has 14 heavy (non-hydrogen) atoms. The average Bonchev–Trinajstić information content (AvgIpc) is 2.57. The molecule has 1 atom stereocenters.